The second-order valence-electron chi connectivity index (χ2n) is 4.66. The second kappa shape index (κ2) is 6.58. The second-order valence-corrected chi connectivity index (χ2v) is 6.23. The zero-order chi connectivity index (χ0) is 13.8. The maximum absolute atomic E-state index is 12.5. The number of benzene rings is 1. The van der Waals surface area contributed by atoms with Crippen molar-refractivity contribution in [3.8, 4) is 6.07 Å². The topological polar surface area (TPSA) is 44.1 Å². The van der Waals surface area contributed by atoms with E-state index in [1.807, 2.05) is 6.07 Å². The molecule has 0 radical (unpaired) electrons. The first-order valence-electron chi connectivity index (χ1n) is 6.26. The van der Waals surface area contributed by atoms with Crippen LogP contribution in [0, 0.1) is 14.9 Å². The molecule has 0 atom stereocenters. The maximum atomic E-state index is 12.5. The van der Waals surface area contributed by atoms with Gasteiger partial charge in [0.15, 0.2) is 0 Å². The van der Waals surface area contributed by atoms with Gasteiger partial charge in [-0.15, -0.1) is 0 Å². The Morgan fingerprint density at radius 1 is 1.47 bits per heavy atom. The lowest BCUT2D eigenvalue weighted by Crippen LogP contribution is -2.39. The maximum Gasteiger partial charge on any atom is 0.255 e. The zero-order valence-electron chi connectivity index (χ0n) is 10.4. The lowest BCUT2D eigenvalue weighted by molar-refractivity contribution is 0.0709. The Morgan fingerprint density at radius 3 is 2.74 bits per heavy atom. The van der Waals surface area contributed by atoms with Crippen molar-refractivity contribution in [2.75, 3.05) is 6.54 Å². The summed E-state index contributed by atoms with van der Waals surface area (Å²) in [7, 11) is 0. The largest absolute Gasteiger partial charge is 0.322 e. The van der Waals surface area contributed by atoms with Crippen molar-refractivity contribution < 1.29 is 4.79 Å². The van der Waals surface area contributed by atoms with E-state index in [0.717, 1.165) is 29.3 Å². The summed E-state index contributed by atoms with van der Waals surface area (Å²) in [6.45, 7) is 0.146. The molecule has 1 saturated carbocycles. The average Bonchev–Trinajstić information content (AvgIpc) is 2.92. The fourth-order valence-electron chi connectivity index (χ4n) is 2.45. The molecule has 5 heteroatoms. The van der Waals surface area contributed by atoms with Crippen molar-refractivity contribution in [2.24, 2.45) is 0 Å². The molecule has 2 rings (SSSR count). The number of hydrogen-bond donors (Lipinski definition) is 0. The molecule has 0 saturated heterocycles. The summed E-state index contributed by atoms with van der Waals surface area (Å²) < 4.78 is 0.920. The van der Waals surface area contributed by atoms with Crippen molar-refractivity contribution in [1.82, 2.24) is 4.90 Å². The average molecular weight is 389 g/mol. The van der Waals surface area contributed by atoms with E-state index in [-0.39, 0.29) is 18.5 Å². The van der Waals surface area contributed by atoms with Crippen LogP contribution in [-0.2, 0) is 0 Å². The first-order chi connectivity index (χ1) is 9.13. The number of rotatable bonds is 3. The Hall–Kier alpha value is -0.800. The first-order valence-corrected chi connectivity index (χ1v) is 7.72. The lowest BCUT2D eigenvalue weighted by atomic mass is 10.1. The van der Waals surface area contributed by atoms with Gasteiger partial charge in [-0.3, -0.25) is 4.79 Å². The molecule has 0 unspecified atom stereocenters. The molecule has 19 heavy (non-hydrogen) atoms. The molecule has 1 aromatic carbocycles. The summed E-state index contributed by atoms with van der Waals surface area (Å²) in [5, 5.41) is 9.50. The number of carbonyl (C=O) groups is 1. The van der Waals surface area contributed by atoms with Gasteiger partial charge in [-0.1, -0.05) is 24.4 Å². The molecule has 0 heterocycles. The Morgan fingerprint density at radius 2 is 2.16 bits per heavy atom. The van der Waals surface area contributed by atoms with E-state index in [2.05, 4.69) is 28.7 Å². The summed E-state index contributed by atoms with van der Waals surface area (Å²) in [4.78, 5) is 14.2. The number of nitrogens with zero attached hydrogens (tertiary/aromatic N) is 2. The predicted molar refractivity (Wildman–Crippen MR) is 83.1 cm³/mol. The minimum absolute atomic E-state index is 0.0910. The van der Waals surface area contributed by atoms with Gasteiger partial charge in [-0.25, -0.2) is 0 Å². The number of amides is 1. The summed E-state index contributed by atoms with van der Waals surface area (Å²) in [6, 6.07) is 7.58. The van der Waals surface area contributed by atoms with Gasteiger partial charge in [0.2, 0.25) is 0 Å². The third-order valence-electron chi connectivity index (χ3n) is 3.43. The van der Waals surface area contributed by atoms with Gasteiger partial charge in [-0.05, 0) is 53.6 Å². The van der Waals surface area contributed by atoms with E-state index >= 15 is 0 Å². The summed E-state index contributed by atoms with van der Waals surface area (Å²) in [6.07, 6.45) is 4.25. The molecule has 1 amide bonds. The molecule has 3 nitrogen and oxygen atoms in total. The van der Waals surface area contributed by atoms with Gasteiger partial charge < -0.3 is 4.90 Å². The van der Waals surface area contributed by atoms with Crippen molar-refractivity contribution in [3.05, 3.63) is 32.4 Å². The van der Waals surface area contributed by atoms with Crippen LogP contribution in [0.1, 0.15) is 36.0 Å². The fraction of sp³-hybridized carbons (Fsp3) is 0.429. The highest BCUT2D eigenvalue weighted by molar-refractivity contribution is 14.1. The number of hydrogen-bond acceptors (Lipinski definition) is 2. The van der Waals surface area contributed by atoms with Gasteiger partial charge >= 0.3 is 0 Å². The van der Waals surface area contributed by atoms with Gasteiger partial charge in [0, 0.05) is 15.2 Å². The Bertz CT molecular complexity index is 521. The minimum atomic E-state index is -0.0910. The summed E-state index contributed by atoms with van der Waals surface area (Å²) >= 11 is 8.18. The smallest absolute Gasteiger partial charge is 0.255 e. The predicted octanol–water partition coefficient (Wildman–Crippen LogP) is 3.85. The van der Waals surface area contributed by atoms with E-state index in [1.165, 1.54) is 0 Å². The Balaban J connectivity index is 2.23. The Kier molecular flexibility index (Phi) is 5.06. The van der Waals surface area contributed by atoms with Crippen LogP contribution in [0.15, 0.2) is 18.2 Å². The zero-order valence-corrected chi connectivity index (χ0v) is 13.3. The third-order valence-corrected chi connectivity index (χ3v) is 5.01. The molecule has 0 aliphatic heterocycles. The molecule has 0 aromatic heterocycles. The van der Waals surface area contributed by atoms with E-state index in [1.54, 1.807) is 17.0 Å². The molecule has 1 aliphatic carbocycles. The number of nitriles is 1. The monoisotopic (exact) mass is 388 g/mol. The van der Waals surface area contributed by atoms with Crippen LogP contribution in [0.3, 0.4) is 0 Å². The van der Waals surface area contributed by atoms with Crippen LogP contribution in [0.5, 0.6) is 0 Å². The van der Waals surface area contributed by atoms with Crippen molar-refractivity contribution in [2.45, 2.75) is 31.7 Å². The van der Waals surface area contributed by atoms with E-state index in [9.17, 15) is 4.79 Å². The van der Waals surface area contributed by atoms with E-state index in [0.29, 0.717) is 10.6 Å². The normalized spacial score (nSPS) is 15.2. The molecule has 1 fully saturated rings. The van der Waals surface area contributed by atoms with Gasteiger partial charge in [0.1, 0.15) is 6.54 Å². The lowest BCUT2D eigenvalue weighted by Gasteiger charge is -2.26. The third kappa shape index (κ3) is 3.40. The number of carbonyl (C=O) groups excluding carboxylic acids is 1. The van der Waals surface area contributed by atoms with Gasteiger partial charge in [-0.2, -0.15) is 5.26 Å². The fourth-order valence-corrected chi connectivity index (χ4v) is 2.97. The van der Waals surface area contributed by atoms with Crippen LogP contribution in [-0.4, -0.2) is 23.4 Å². The quantitative estimate of drug-likeness (QED) is 0.583. The highest BCUT2D eigenvalue weighted by atomic mass is 127. The minimum Gasteiger partial charge on any atom is -0.322 e. The van der Waals surface area contributed by atoms with Crippen molar-refractivity contribution in [3.63, 3.8) is 0 Å². The molecule has 1 aliphatic rings. The first kappa shape index (κ1) is 14.6. The summed E-state index contributed by atoms with van der Waals surface area (Å²) in [5.74, 6) is -0.0910. The van der Waals surface area contributed by atoms with Crippen LogP contribution in [0.4, 0.5) is 0 Å². The van der Waals surface area contributed by atoms with Crippen LogP contribution in [0.2, 0.25) is 5.02 Å². The number of halogens is 2. The van der Waals surface area contributed by atoms with Gasteiger partial charge in [0.05, 0.1) is 11.1 Å². The molecular weight excluding hydrogens is 375 g/mol. The van der Waals surface area contributed by atoms with Crippen LogP contribution >= 0.6 is 34.2 Å². The van der Waals surface area contributed by atoms with Gasteiger partial charge in [0.25, 0.3) is 5.91 Å². The molecule has 0 bridgehead atoms. The Labute approximate surface area is 131 Å². The highest BCUT2D eigenvalue weighted by Crippen LogP contribution is 2.26. The molecule has 0 spiro atoms. The van der Waals surface area contributed by atoms with Crippen molar-refractivity contribution in [1.29, 1.82) is 5.26 Å². The SMILES string of the molecule is N#CCN(C(=O)c1ccc(I)c(Cl)c1)C1CCCC1. The van der Waals surface area contributed by atoms with Crippen LogP contribution in [0.25, 0.3) is 0 Å². The van der Waals surface area contributed by atoms with E-state index < -0.39 is 0 Å². The standard InChI is InChI=1S/C14H14ClIN2O/c15-12-9-10(5-6-13(12)16)14(19)18(8-7-17)11-3-1-2-4-11/h5-6,9,11H,1-4,8H2. The molecule has 0 N–H and O–H groups in total. The van der Waals surface area contributed by atoms with E-state index in [4.69, 9.17) is 16.9 Å². The van der Waals surface area contributed by atoms with Crippen LogP contribution < -0.4 is 0 Å². The molecular formula is C14H14ClIN2O. The molecule has 1 aromatic rings. The highest BCUT2D eigenvalue weighted by Gasteiger charge is 2.27. The molecule has 100 valence electrons. The van der Waals surface area contributed by atoms with Crippen molar-refractivity contribution >= 4 is 40.1 Å². The summed E-state index contributed by atoms with van der Waals surface area (Å²) in [5.41, 5.74) is 0.563.